The molecule has 0 aliphatic carbocycles. The summed E-state index contributed by atoms with van der Waals surface area (Å²) in [5, 5.41) is 13.6. The van der Waals surface area contributed by atoms with Crippen molar-refractivity contribution in [3.8, 4) is 5.75 Å². The van der Waals surface area contributed by atoms with E-state index in [9.17, 15) is 19.3 Å². The number of nitro groups is 1. The third kappa shape index (κ3) is 4.95. The molecule has 0 unspecified atom stereocenters. The first-order chi connectivity index (χ1) is 11.5. The highest BCUT2D eigenvalue weighted by atomic mass is 32.2. The molecule has 2 rings (SSSR count). The van der Waals surface area contributed by atoms with E-state index < -0.39 is 10.8 Å². The molecule has 2 aromatic rings. The van der Waals surface area contributed by atoms with Crippen LogP contribution in [0.15, 0.2) is 47.4 Å². The Hall–Kier alpha value is -2.61. The van der Waals surface area contributed by atoms with Gasteiger partial charge in [0, 0.05) is 4.90 Å². The van der Waals surface area contributed by atoms with Crippen molar-refractivity contribution in [3.05, 3.63) is 58.4 Å². The number of nitrogens with one attached hydrogen (secondary N) is 1. The van der Waals surface area contributed by atoms with Gasteiger partial charge >= 0.3 is 0 Å². The maximum absolute atomic E-state index is 12.8. The van der Waals surface area contributed by atoms with Crippen LogP contribution in [-0.2, 0) is 4.79 Å². The van der Waals surface area contributed by atoms with Crippen molar-refractivity contribution < 1.29 is 18.8 Å². The second-order valence-corrected chi connectivity index (χ2v) is 5.71. The van der Waals surface area contributed by atoms with E-state index in [1.165, 1.54) is 36.0 Å². The van der Waals surface area contributed by atoms with Gasteiger partial charge in [0.25, 0.3) is 5.69 Å². The molecular formula is C16H15FN2O4S. The zero-order valence-corrected chi connectivity index (χ0v) is 13.6. The molecule has 126 valence electrons. The Morgan fingerprint density at radius 2 is 2.00 bits per heavy atom. The maximum atomic E-state index is 12.8. The fourth-order valence-corrected chi connectivity index (χ4v) is 2.59. The Labute approximate surface area is 142 Å². The first-order valence-corrected chi connectivity index (χ1v) is 8.07. The number of carbonyl (C=O) groups excluding carboxylic acids is 1. The van der Waals surface area contributed by atoms with Crippen LogP contribution in [0, 0.1) is 15.9 Å². The quantitative estimate of drug-likeness (QED) is 0.466. The Bertz CT molecular complexity index is 737. The molecule has 24 heavy (non-hydrogen) atoms. The number of nitrogens with zero attached hydrogens (tertiary/aromatic N) is 1. The summed E-state index contributed by atoms with van der Waals surface area (Å²) in [7, 11) is 0. The number of benzene rings is 2. The molecule has 1 N–H and O–H groups in total. The van der Waals surface area contributed by atoms with E-state index in [0.717, 1.165) is 4.90 Å². The normalized spacial score (nSPS) is 10.2. The fraction of sp³-hybridized carbons (Fsp3) is 0.188. The Balaban J connectivity index is 2.02. The first-order valence-electron chi connectivity index (χ1n) is 7.09. The minimum absolute atomic E-state index is 0.0516. The van der Waals surface area contributed by atoms with Crippen LogP contribution >= 0.6 is 11.8 Å². The van der Waals surface area contributed by atoms with E-state index >= 15 is 0 Å². The second kappa shape index (κ2) is 8.30. The molecule has 0 fully saturated rings. The van der Waals surface area contributed by atoms with Crippen LogP contribution in [0.5, 0.6) is 5.75 Å². The number of thioether (sulfide) groups is 1. The van der Waals surface area contributed by atoms with Crippen molar-refractivity contribution in [2.75, 3.05) is 17.7 Å². The molecule has 8 heteroatoms. The fourth-order valence-electron chi connectivity index (χ4n) is 1.89. The summed E-state index contributed by atoms with van der Waals surface area (Å²) in [6, 6.07) is 9.99. The van der Waals surface area contributed by atoms with Crippen LogP contribution < -0.4 is 10.1 Å². The first kappa shape index (κ1) is 17.7. The summed E-state index contributed by atoms with van der Waals surface area (Å²) < 4.78 is 18.0. The minimum Gasteiger partial charge on any atom is -0.494 e. The van der Waals surface area contributed by atoms with Crippen molar-refractivity contribution in [2.45, 2.75) is 11.8 Å². The predicted octanol–water partition coefficient (Wildman–Crippen LogP) is 3.86. The number of carbonyl (C=O) groups is 1. The van der Waals surface area contributed by atoms with E-state index in [-0.39, 0.29) is 22.9 Å². The largest absolute Gasteiger partial charge is 0.494 e. The highest BCUT2D eigenvalue weighted by Gasteiger charge is 2.17. The van der Waals surface area contributed by atoms with Crippen LogP contribution in [-0.4, -0.2) is 23.2 Å². The minimum atomic E-state index is -0.578. The van der Waals surface area contributed by atoms with Crippen molar-refractivity contribution in [1.82, 2.24) is 0 Å². The van der Waals surface area contributed by atoms with Gasteiger partial charge in [-0.3, -0.25) is 14.9 Å². The van der Waals surface area contributed by atoms with E-state index in [0.29, 0.717) is 12.4 Å². The average molecular weight is 350 g/mol. The molecule has 0 spiro atoms. The Morgan fingerprint density at radius 3 is 2.62 bits per heavy atom. The van der Waals surface area contributed by atoms with Gasteiger partial charge in [0.2, 0.25) is 5.91 Å². The number of amides is 1. The van der Waals surface area contributed by atoms with Gasteiger partial charge in [-0.15, -0.1) is 11.8 Å². The summed E-state index contributed by atoms with van der Waals surface area (Å²) >= 11 is 1.21. The van der Waals surface area contributed by atoms with Crippen LogP contribution in [0.25, 0.3) is 0 Å². The molecule has 0 saturated carbocycles. The molecule has 0 aliphatic rings. The molecule has 0 heterocycles. The molecule has 0 atom stereocenters. The lowest BCUT2D eigenvalue weighted by molar-refractivity contribution is -0.384. The molecule has 2 aromatic carbocycles. The van der Waals surface area contributed by atoms with Crippen LogP contribution in [0.1, 0.15) is 6.92 Å². The molecule has 1 amide bonds. The number of nitro benzene ring substituents is 1. The molecule has 0 aliphatic heterocycles. The van der Waals surface area contributed by atoms with E-state index in [4.69, 9.17) is 4.74 Å². The standard InChI is InChI=1S/C16H15FN2O4S/c1-2-23-12-5-8-14(15(9-12)19(21)22)18-16(20)10-24-13-6-3-11(17)4-7-13/h3-9H,2,10H2,1H3,(H,18,20). The van der Waals surface area contributed by atoms with Crippen molar-refractivity contribution >= 4 is 29.0 Å². The molecule has 0 saturated heterocycles. The van der Waals surface area contributed by atoms with Gasteiger partial charge in [-0.2, -0.15) is 0 Å². The van der Waals surface area contributed by atoms with Gasteiger partial charge in [0.05, 0.1) is 23.3 Å². The highest BCUT2D eigenvalue weighted by Crippen LogP contribution is 2.29. The molecule has 0 bridgehead atoms. The van der Waals surface area contributed by atoms with Gasteiger partial charge < -0.3 is 10.1 Å². The van der Waals surface area contributed by atoms with E-state index in [1.54, 1.807) is 25.1 Å². The van der Waals surface area contributed by atoms with Gasteiger partial charge in [0.1, 0.15) is 17.3 Å². The number of hydrogen-bond acceptors (Lipinski definition) is 5. The maximum Gasteiger partial charge on any atom is 0.296 e. The SMILES string of the molecule is CCOc1ccc(NC(=O)CSc2ccc(F)cc2)c([N+](=O)[O-])c1. The Kier molecular flexibility index (Phi) is 6.14. The highest BCUT2D eigenvalue weighted by molar-refractivity contribution is 8.00. The van der Waals surface area contributed by atoms with Gasteiger partial charge in [0.15, 0.2) is 0 Å². The van der Waals surface area contributed by atoms with Crippen molar-refractivity contribution in [2.24, 2.45) is 0 Å². The average Bonchev–Trinajstić information content (AvgIpc) is 2.56. The lowest BCUT2D eigenvalue weighted by Gasteiger charge is -2.08. The van der Waals surface area contributed by atoms with Crippen LogP contribution in [0.4, 0.5) is 15.8 Å². The number of anilines is 1. The van der Waals surface area contributed by atoms with Gasteiger partial charge in [-0.05, 0) is 43.3 Å². The molecule has 6 nitrogen and oxygen atoms in total. The third-order valence-electron chi connectivity index (χ3n) is 2.93. The summed E-state index contributed by atoms with van der Waals surface area (Å²) in [5.41, 5.74) is -0.130. The summed E-state index contributed by atoms with van der Waals surface area (Å²) in [5.74, 6) is -0.330. The number of halogens is 1. The molecule has 0 radical (unpaired) electrons. The van der Waals surface area contributed by atoms with E-state index in [2.05, 4.69) is 5.32 Å². The lowest BCUT2D eigenvalue weighted by Crippen LogP contribution is -2.15. The Morgan fingerprint density at radius 1 is 1.29 bits per heavy atom. The van der Waals surface area contributed by atoms with Crippen LogP contribution in [0.2, 0.25) is 0 Å². The van der Waals surface area contributed by atoms with Crippen molar-refractivity contribution in [3.63, 3.8) is 0 Å². The summed E-state index contributed by atoms with van der Waals surface area (Å²) in [6.45, 7) is 2.16. The zero-order chi connectivity index (χ0) is 17.5. The second-order valence-electron chi connectivity index (χ2n) is 4.66. The summed E-state index contributed by atoms with van der Waals surface area (Å²) in [6.07, 6.45) is 0. The monoisotopic (exact) mass is 350 g/mol. The summed E-state index contributed by atoms with van der Waals surface area (Å²) in [4.78, 5) is 23.3. The predicted molar refractivity (Wildman–Crippen MR) is 90.0 cm³/mol. The third-order valence-corrected chi connectivity index (χ3v) is 3.95. The topological polar surface area (TPSA) is 81.5 Å². The number of hydrogen-bond donors (Lipinski definition) is 1. The smallest absolute Gasteiger partial charge is 0.296 e. The van der Waals surface area contributed by atoms with Crippen molar-refractivity contribution in [1.29, 1.82) is 0 Å². The molecule has 0 aromatic heterocycles. The zero-order valence-electron chi connectivity index (χ0n) is 12.8. The van der Waals surface area contributed by atoms with E-state index in [1.807, 2.05) is 0 Å². The number of ether oxygens (including phenoxy) is 1. The van der Waals surface area contributed by atoms with Gasteiger partial charge in [-0.1, -0.05) is 0 Å². The van der Waals surface area contributed by atoms with Gasteiger partial charge in [-0.25, -0.2) is 4.39 Å². The molecular weight excluding hydrogens is 335 g/mol. The lowest BCUT2D eigenvalue weighted by atomic mass is 10.2. The van der Waals surface area contributed by atoms with Crippen LogP contribution in [0.3, 0.4) is 0 Å². The number of rotatable bonds is 7.